The summed E-state index contributed by atoms with van der Waals surface area (Å²) in [5.74, 6) is -1.34. The molecule has 1 heterocycles. The number of rotatable bonds is 7. The fourth-order valence-corrected chi connectivity index (χ4v) is 3.88. The number of amides is 5. The van der Waals surface area contributed by atoms with E-state index in [9.17, 15) is 19.2 Å². The van der Waals surface area contributed by atoms with E-state index < -0.39 is 29.9 Å². The van der Waals surface area contributed by atoms with Gasteiger partial charge in [0.15, 0.2) is 0 Å². The SMILES string of the molecule is CC[C@@]1(c2ccccc2)NC(=O)N(CC(=O)N(C)CC(=O)Nc2c(C)cccc2C)C1=O. The third-order valence-corrected chi connectivity index (χ3v) is 5.82. The Balaban J connectivity index is 1.66. The first-order chi connectivity index (χ1) is 15.2. The third-order valence-electron chi connectivity index (χ3n) is 5.82. The van der Waals surface area contributed by atoms with E-state index in [2.05, 4.69) is 10.6 Å². The van der Waals surface area contributed by atoms with Crippen molar-refractivity contribution in [2.24, 2.45) is 0 Å². The molecular formula is C24H28N4O4. The van der Waals surface area contributed by atoms with E-state index in [1.807, 2.05) is 38.1 Å². The van der Waals surface area contributed by atoms with Gasteiger partial charge in [0.2, 0.25) is 11.8 Å². The van der Waals surface area contributed by atoms with Crippen LogP contribution in [-0.4, -0.2) is 53.7 Å². The summed E-state index contributed by atoms with van der Waals surface area (Å²) in [4.78, 5) is 53.0. The third kappa shape index (κ3) is 4.34. The molecule has 8 nitrogen and oxygen atoms in total. The first-order valence-electron chi connectivity index (χ1n) is 10.5. The van der Waals surface area contributed by atoms with Gasteiger partial charge in [0.1, 0.15) is 12.1 Å². The Kier molecular flexibility index (Phi) is 6.62. The van der Waals surface area contributed by atoms with Gasteiger partial charge in [-0.3, -0.25) is 19.3 Å². The highest BCUT2D eigenvalue weighted by Gasteiger charge is 2.51. The zero-order valence-corrected chi connectivity index (χ0v) is 18.8. The van der Waals surface area contributed by atoms with Gasteiger partial charge in [-0.25, -0.2) is 4.79 Å². The number of anilines is 1. The molecular weight excluding hydrogens is 408 g/mol. The molecule has 168 valence electrons. The molecule has 0 saturated carbocycles. The zero-order valence-electron chi connectivity index (χ0n) is 18.8. The maximum absolute atomic E-state index is 13.2. The summed E-state index contributed by atoms with van der Waals surface area (Å²) < 4.78 is 0. The number of imide groups is 1. The first-order valence-corrected chi connectivity index (χ1v) is 10.5. The Morgan fingerprint density at radius 3 is 2.25 bits per heavy atom. The van der Waals surface area contributed by atoms with Gasteiger partial charge in [0, 0.05) is 12.7 Å². The summed E-state index contributed by atoms with van der Waals surface area (Å²) in [6.07, 6.45) is 0.348. The van der Waals surface area contributed by atoms with Gasteiger partial charge in [-0.2, -0.15) is 0 Å². The number of carbonyl (C=O) groups is 4. The minimum atomic E-state index is -1.20. The van der Waals surface area contributed by atoms with Crippen LogP contribution < -0.4 is 10.6 Å². The number of aryl methyl sites for hydroxylation is 2. The van der Waals surface area contributed by atoms with Gasteiger partial charge in [-0.15, -0.1) is 0 Å². The van der Waals surface area contributed by atoms with E-state index in [1.165, 1.54) is 11.9 Å². The second-order valence-electron chi connectivity index (χ2n) is 8.01. The molecule has 1 fully saturated rings. The van der Waals surface area contributed by atoms with Gasteiger partial charge in [-0.05, 0) is 37.0 Å². The van der Waals surface area contributed by atoms with Crippen LogP contribution in [0.2, 0.25) is 0 Å². The number of nitrogens with zero attached hydrogens (tertiary/aromatic N) is 2. The predicted octanol–water partition coefficient (Wildman–Crippen LogP) is 2.56. The van der Waals surface area contributed by atoms with Crippen LogP contribution in [0.15, 0.2) is 48.5 Å². The van der Waals surface area contributed by atoms with E-state index in [0.29, 0.717) is 17.7 Å². The molecule has 32 heavy (non-hydrogen) atoms. The molecule has 5 amide bonds. The second-order valence-corrected chi connectivity index (χ2v) is 8.01. The molecule has 0 bridgehead atoms. The Labute approximate surface area is 187 Å². The van der Waals surface area contributed by atoms with Crippen molar-refractivity contribution in [3.63, 3.8) is 0 Å². The summed E-state index contributed by atoms with van der Waals surface area (Å²) in [6.45, 7) is 4.95. The number of benzene rings is 2. The van der Waals surface area contributed by atoms with Gasteiger partial charge in [-0.1, -0.05) is 55.5 Å². The molecule has 0 unspecified atom stereocenters. The first kappa shape index (κ1) is 23.0. The number of nitrogens with one attached hydrogen (secondary N) is 2. The number of para-hydroxylation sites is 1. The van der Waals surface area contributed by atoms with E-state index in [4.69, 9.17) is 0 Å². The highest BCUT2D eigenvalue weighted by atomic mass is 16.2. The van der Waals surface area contributed by atoms with Crippen molar-refractivity contribution in [1.29, 1.82) is 0 Å². The van der Waals surface area contributed by atoms with E-state index in [1.54, 1.807) is 31.2 Å². The Hall–Kier alpha value is -3.68. The van der Waals surface area contributed by atoms with Crippen LogP contribution >= 0.6 is 0 Å². The molecule has 1 atom stereocenters. The average molecular weight is 437 g/mol. The van der Waals surface area contributed by atoms with E-state index in [-0.39, 0.29) is 12.5 Å². The summed E-state index contributed by atoms with van der Waals surface area (Å²) in [5.41, 5.74) is 2.02. The predicted molar refractivity (Wildman–Crippen MR) is 121 cm³/mol. The fourth-order valence-electron chi connectivity index (χ4n) is 3.88. The van der Waals surface area contributed by atoms with E-state index >= 15 is 0 Å². The summed E-state index contributed by atoms with van der Waals surface area (Å²) in [6, 6.07) is 14.0. The molecule has 1 aliphatic heterocycles. The number of hydrogen-bond donors (Lipinski definition) is 2. The quantitative estimate of drug-likeness (QED) is 0.652. The molecule has 1 saturated heterocycles. The van der Waals surface area contributed by atoms with Crippen LogP contribution in [0.1, 0.15) is 30.0 Å². The maximum Gasteiger partial charge on any atom is 0.325 e. The van der Waals surface area contributed by atoms with Crippen LogP contribution in [0.4, 0.5) is 10.5 Å². The van der Waals surface area contributed by atoms with Gasteiger partial charge >= 0.3 is 6.03 Å². The Morgan fingerprint density at radius 1 is 1.03 bits per heavy atom. The molecule has 0 radical (unpaired) electrons. The largest absolute Gasteiger partial charge is 0.335 e. The summed E-state index contributed by atoms with van der Waals surface area (Å²) in [7, 11) is 1.47. The van der Waals surface area contributed by atoms with Crippen LogP contribution in [0.3, 0.4) is 0 Å². The van der Waals surface area contributed by atoms with Crippen LogP contribution in [0.5, 0.6) is 0 Å². The molecule has 8 heteroatoms. The number of likely N-dealkylation sites (N-methyl/N-ethyl adjacent to an activating group) is 1. The van der Waals surface area contributed by atoms with Crippen molar-refractivity contribution < 1.29 is 19.2 Å². The van der Waals surface area contributed by atoms with Crippen molar-refractivity contribution in [3.05, 3.63) is 65.2 Å². The van der Waals surface area contributed by atoms with Crippen molar-refractivity contribution in [2.45, 2.75) is 32.7 Å². The van der Waals surface area contributed by atoms with Gasteiger partial charge in [0.05, 0.1) is 6.54 Å². The number of hydrogen-bond acceptors (Lipinski definition) is 4. The molecule has 2 N–H and O–H groups in total. The monoisotopic (exact) mass is 436 g/mol. The standard InChI is InChI=1S/C24H28N4O4/c1-5-24(18-12-7-6-8-13-18)22(31)28(23(32)26-24)15-20(30)27(4)14-19(29)25-21-16(2)10-9-11-17(21)3/h6-13H,5,14-15H2,1-4H3,(H,25,29)(H,26,32)/t24-/m0/s1. The van der Waals surface area contributed by atoms with Crippen LogP contribution in [0.25, 0.3) is 0 Å². The molecule has 2 aromatic carbocycles. The molecule has 0 aromatic heterocycles. The molecule has 3 rings (SSSR count). The smallest absolute Gasteiger partial charge is 0.325 e. The van der Waals surface area contributed by atoms with Crippen molar-refractivity contribution in [2.75, 3.05) is 25.5 Å². The number of carbonyl (C=O) groups excluding carboxylic acids is 4. The Bertz CT molecular complexity index is 1030. The average Bonchev–Trinajstić information content (AvgIpc) is 3.02. The fraction of sp³-hybridized carbons (Fsp3) is 0.333. The topological polar surface area (TPSA) is 98.8 Å². The van der Waals surface area contributed by atoms with E-state index in [0.717, 1.165) is 16.0 Å². The zero-order chi connectivity index (χ0) is 23.5. The van der Waals surface area contributed by atoms with Gasteiger partial charge < -0.3 is 15.5 Å². The van der Waals surface area contributed by atoms with Crippen molar-refractivity contribution in [3.8, 4) is 0 Å². The second kappa shape index (κ2) is 9.21. The normalized spacial score (nSPS) is 17.8. The molecule has 0 aliphatic carbocycles. The van der Waals surface area contributed by atoms with Crippen molar-refractivity contribution >= 4 is 29.4 Å². The lowest BCUT2D eigenvalue weighted by Crippen LogP contribution is -2.46. The highest BCUT2D eigenvalue weighted by molar-refractivity contribution is 6.09. The lowest BCUT2D eigenvalue weighted by Gasteiger charge is -2.26. The number of urea groups is 1. The van der Waals surface area contributed by atoms with Crippen LogP contribution in [-0.2, 0) is 19.9 Å². The minimum Gasteiger partial charge on any atom is -0.335 e. The minimum absolute atomic E-state index is 0.201. The summed E-state index contributed by atoms with van der Waals surface area (Å²) >= 11 is 0. The molecule has 2 aromatic rings. The summed E-state index contributed by atoms with van der Waals surface area (Å²) in [5, 5.41) is 5.58. The lowest BCUT2D eigenvalue weighted by molar-refractivity contribution is -0.139. The van der Waals surface area contributed by atoms with Crippen LogP contribution in [0, 0.1) is 13.8 Å². The van der Waals surface area contributed by atoms with Gasteiger partial charge in [0.25, 0.3) is 5.91 Å². The Morgan fingerprint density at radius 2 is 1.66 bits per heavy atom. The molecule has 1 aliphatic rings. The lowest BCUT2D eigenvalue weighted by atomic mass is 9.87. The maximum atomic E-state index is 13.2. The van der Waals surface area contributed by atoms with Crippen molar-refractivity contribution in [1.82, 2.24) is 15.1 Å². The highest BCUT2D eigenvalue weighted by Crippen LogP contribution is 2.32. The molecule has 0 spiro atoms.